The van der Waals surface area contributed by atoms with Crippen molar-refractivity contribution in [3.63, 3.8) is 0 Å². The van der Waals surface area contributed by atoms with Crippen LogP contribution in [-0.4, -0.2) is 73.4 Å². The van der Waals surface area contributed by atoms with E-state index in [1.807, 2.05) is 27.2 Å². The van der Waals surface area contributed by atoms with Crippen LogP contribution in [0.15, 0.2) is 60.8 Å². The average Bonchev–Trinajstić information content (AvgIpc) is 3.39. The van der Waals surface area contributed by atoms with Gasteiger partial charge in [0.1, 0.15) is 13.2 Å². The zero-order valence-electron chi connectivity index (χ0n) is 51.7. The second kappa shape index (κ2) is 58.8. The number of aliphatic hydroxyl groups excluding tert-OH is 1. The van der Waals surface area contributed by atoms with E-state index in [0.29, 0.717) is 17.4 Å². The first-order valence-electron chi connectivity index (χ1n) is 33.2. The minimum atomic E-state index is -4.35. The summed E-state index contributed by atoms with van der Waals surface area (Å²) in [6, 6.07) is -0.846. The first-order valence-corrected chi connectivity index (χ1v) is 34.7. The normalized spacial score (nSPS) is 14.1. The molecule has 3 atom stereocenters. The van der Waals surface area contributed by atoms with Crippen molar-refractivity contribution >= 4 is 13.7 Å². The van der Waals surface area contributed by atoms with Gasteiger partial charge in [-0.1, -0.05) is 312 Å². The summed E-state index contributed by atoms with van der Waals surface area (Å²) in [6.45, 7) is 4.74. The van der Waals surface area contributed by atoms with Gasteiger partial charge in [-0.3, -0.25) is 13.8 Å². The summed E-state index contributed by atoms with van der Waals surface area (Å²) in [5, 5.41) is 14.0. The van der Waals surface area contributed by atoms with Crippen LogP contribution in [0, 0.1) is 0 Å². The standard InChI is InChI=1S/C68H129N2O6P/c1-6-8-10-12-14-16-18-20-22-24-26-27-28-29-30-31-32-33-34-35-36-37-38-39-40-41-42-43-44-46-48-50-52-54-56-58-60-62-68(72)69-66(65-76-77(73,74)75-64-63-70(3,4)5)67(71)61-59-57-55-53-51-49-47-45-25-23-21-19-17-15-13-11-9-7-2/h8,10,14,16,20,22,26-27,59,61,66-67,71H,6-7,9,11-13,15,17-19,21,23-25,28-58,60,62-65H2,1-5H3,(H-,69,72,73,74)/p+1/b10-8-,16-14-,22-20-,27-26-,61-59+. The van der Waals surface area contributed by atoms with E-state index < -0.39 is 20.0 Å². The van der Waals surface area contributed by atoms with Crippen LogP contribution in [0.4, 0.5) is 0 Å². The number of phosphoric acid groups is 1. The summed E-state index contributed by atoms with van der Waals surface area (Å²) >= 11 is 0. The van der Waals surface area contributed by atoms with Gasteiger partial charge >= 0.3 is 7.82 Å². The fourth-order valence-corrected chi connectivity index (χ4v) is 10.6. The number of likely N-dealkylation sites (N-methyl/N-ethyl adjacent to an activating group) is 1. The number of quaternary nitrogens is 1. The molecule has 0 heterocycles. The third-order valence-corrected chi connectivity index (χ3v) is 16.0. The minimum absolute atomic E-state index is 0.0628. The number of unbranched alkanes of at least 4 members (excludes halogenated alkanes) is 40. The van der Waals surface area contributed by atoms with Gasteiger partial charge in [0.25, 0.3) is 0 Å². The lowest BCUT2D eigenvalue weighted by molar-refractivity contribution is -0.870. The van der Waals surface area contributed by atoms with E-state index in [2.05, 4.69) is 67.8 Å². The highest BCUT2D eigenvalue weighted by molar-refractivity contribution is 7.47. The number of allylic oxidation sites excluding steroid dienone is 9. The van der Waals surface area contributed by atoms with Crippen LogP contribution in [0.2, 0.25) is 0 Å². The minimum Gasteiger partial charge on any atom is -0.387 e. The fraction of sp³-hybridized carbons (Fsp3) is 0.838. The Morgan fingerprint density at radius 2 is 0.779 bits per heavy atom. The molecule has 0 aliphatic heterocycles. The van der Waals surface area contributed by atoms with Crippen LogP contribution in [0.1, 0.15) is 316 Å². The smallest absolute Gasteiger partial charge is 0.387 e. The van der Waals surface area contributed by atoms with E-state index in [4.69, 9.17) is 9.05 Å². The monoisotopic (exact) mass is 1100 g/mol. The maximum atomic E-state index is 13.0. The molecule has 452 valence electrons. The van der Waals surface area contributed by atoms with Crippen molar-refractivity contribution in [2.24, 2.45) is 0 Å². The number of hydrogen-bond donors (Lipinski definition) is 3. The highest BCUT2D eigenvalue weighted by Crippen LogP contribution is 2.43. The van der Waals surface area contributed by atoms with E-state index in [1.165, 1.54) is 231 Å². The number of aliphatic hydroxyl groups is 1. The predicted octanol–water partition coefficient (Wildman–Crippen LogP) is 20.8. The summed E-state index contributed by atoms with van der Waals surface area (Å²) in [4.78, 5) is 23.4. The van der Waals surface area contributed by atoms with Gasteiger partial charge in [-0.15, -0.1) is 0 Å². The number of phosphoric ester groups is 1. The molecule has 3 N–H and O–H groups in total. The molecule has 0 aliphatic rings. The lowest BCUT2D eigenvalue weighted by Gasteiger charge is -2.25. The number of hydrogen-bond acceptors (Lipinski definition) is 5. The van der Waals surface area contributed by atoms with E-state index in [1.54, 1.807) is 6.08 Å². The quantitative estimate of drug-likeness (QED) is 0.0243. The Morgan fingerprint density at radius 1 is 0.455 bits per heavy atom. The highest BCUT2D eigenvalue weighted by atomic mass is 31.2. The van der Waals surface area contributed by atoms with E-state index in [-0.39, 0.29) is 19.1 Å². The van der Waals surface area contributed by atoms with Gasteiger partial charge in [0, 0.05) is 6.42 Å². The summed E-state index contributed by atoms with van der Waals surface area (Å²) < 4.78 is 23.8. The first-order chi connectivity index (χ1) is 37.5. The van der Waals surface area contributed by atoms with Crippen LogP contribution in [0.25, 0.3) is 0 Å². The van der Waals surface area contributed by atoms with Crippen molar-refractivity contribution in [1.29, 1.82) is 0 Å². The molecule has 3 unspecified atom stereocenters. The average molecular weight is 1100 g/mol. The van der Waals surface area contributed by atoms with Crippen molar-refractivity contribution in [3.8, 4) is 0 Å². The van der Waals surface area contributed by atoms with E-state index >= 15 is 0 Å². The zero-order chi connectivity index (χ0) is 56.3. The van der Waals surface area contributed by atoms with Crippen LogP contribution >= 0.6 is 7.82 Å². The van der Waals surface area contributed by atoms with E-state index in [9.17, 15) is 19.4 Å². The number of rotatable bonds is 61. The van der Waals surface area contributed by atoms with Gasteiger partial charge in [-0.2, -0.15) is 0 Å². The summed E-state index contributed by atoms with van der Waals surface area (Å²) in [6.07, 6.45) is 80.7. The molecule has 0 spiro atoms. The molecule has 0 aliphatic carbocycles. The third-order valence-electron chi connectivity index (χ3n) is 15.0. The Kier molecular flexibility index (Phi) is 57.5. The largest absolute Gasteiger partial charge is 0.472 e. The Hall–Kier alpha value is -1.80. The number of nitrogens with zero attached hydrogens (tertiary/aromatic N) is 1. The summed E-state index contributed by atoms with van der Waals surface area (Å²) in [5.74, 6) is -0.171. The van der Waals surface area contributed by atoms with Gasteiger partial charge in [0.05, 0.1) is 39.9 Å². The highest BCUT2D eigenvalue weighted by Gasteiger charge is 2.28. The number of amides is 1. The Morgan fingerprint density at radius 3 is 1.14 bits per heavy atom. The summed E-state index contributed by atoms with van der Waals surface area (Å²) in [5.41, 5.74) is 0. The number of nitrogens with one attached hydrogen (secondary N) is 1. The molecule has 1 amide bonds. The molecule has 8 nitrogen and oxygen atoms in total. The van der Waals surface area contributed by atoms with Crippen molar-refractivity contribution in [3.05, 3.63) is 60.8 Å². The molecular weight excluding hydrogens is 972 g/mol. The second-order valence-corrected chi connectivity index (χ2v) is 25.3. The van der Waals surface area contributed by atoms with E-state index in [0.717, 1.165) is 64.2 Å². The number of carbonyl (C=O) groups is 1. The fourth-order valence-electron chi connectivity index (χ4n) is 9.86. The van der Waals surface area contributed by atoms with Crippen LogP contribution < -0.4 is 5.32 Å². The molecule has 77 heavy (non-hydrogen) atoms. The predicted molar refractivity (Wildman–Crippen MR) is 337 cm³/mol. The molecule has 0 rings (SSSR count). The van der Waals surface area contributed by atoms with Crippen LogP contribution in [-0.2, 0) is 18.4 Å². The number of carbonyl (C=O) groups excluding carboxylic acids is 1. The molecule has 0 radical (unpaired) electrons. The Bertz CT molecular complexity index is 1440. The van der Waals surface area contributed by atoms with Crippen molar-refractivity contribution < 1.29 is 32.9 Å². The lowest BCUT2D eigenvalue weighted by atomic mass is 10.0. The molecule has 0 fully saturated rings. The molecule has 0 saturated carbocycles. The van der Waals surface area contributed by atoms with Crippen molar-refractivity contribution in [2.75, 3.05) is 40.9 Å². The molecule has 0 aromatic carbocycles. The van der Waals surface area contributed by atoms with Gasteiger partial charge in [-0.05, 0) is 57.8 Å². The van der Waals surface area contributed by atoms with Crippen molar-refractivity contribution in [1.82, 2.24) is 5.32 Å². The first kappa shape index (κ1) is 75.2. The molecule has 0 saturated heterocycles. The topological polar surface area (TPSA) is 105 Å². The maximum Gasteiger partial charge on any atom is 0.472 e. The lowest BCUT2D eigenvalue weighted by Crippen LogP contribution is -2.45. The molecule has 0 aromatic rings. The Labute approximate surface area is 479 Å². The zero-order valence-corrected chi connectivity index (χ0v) is 52.6. The van der Waals surface area contributed by atoms with Crippen molar-refractivity contribution in [2.45, 2.75) is 328 Å². The summed E-state index contributed by atoms with van der Waals surface area (Å²) in [7, 11) is 1.58. The SMILES string of the molecule is CC/C=C\C/C=C\C/C=C\C/C=C\CCCCCCCCCCCCCCCCCCCCCCCCCCC(=O)NC(COP(=O)(O)OCC[N+](C)(C)C)C(O)/C=C/CCCCCCCCCCCCCCCCCC. The van der Waals surface area contributed by atoms with Crippen LogP contribution in [0.5, 0.6) is 0 Å². The van der Waals surface area contributed by atoms with Gasteiger partial charge in [0.2, 0.25) is 5.91 Å². The molecule has 0 aromatic heterocycles. The Balaban J connectivity index is 3.96. The molecular formula is C68H130N2O6P+. The van der Waals surface area contributed by atoms with Gasteiger partial charge in [0.15, 0.2) is 0 Å². The maximum absolute atomic E-state index is 13.0. The van der Waals surface area contributed by atoms with Crippen LogP contribution in [0.3, 0.4) is 0 Å². The third kappa shape index (κ3) is 61.7. The van der Waals surface area contributed by atoms with Gasteiger partial charge < -0.3 is 19.8 Å². The van der Waals surface area contributed by atoms with Gasteiger partial charge in [-0.25, -0.2) is 4.57 Å². The second-order valence-electron chi connectivity index (χ2n) is 23.8. The molecule has 0 bridgehead atoms. The molecule has 9 heteroatoms.